The number of halogens is 2. The second kappa shape index (κ2) is 12.6. The first-order valence-electron chi connectivity index (χ1n) is 13.4. The predicted octanol–water partition coefficient (Wildman–Crippen LogP) is 5.72. The summed E-state index contributed by atoms with van der Waals surface area (Å²) in [4.78, 5) is 32.3. The van der Waals surface area contributed by atoms with Crippen LogP contribution in [0.2, 0.25) is 0 Å². The molecule has 0 spiro atoms. The number of benzene rings is 3. The molecule has 1 aliphatic heterocycles. The molecule has 3 aromatic carbocycles. The molecule has 0 saturated carbocycles. The number of phenolic OH excluding ortho intramolecular Hbond substituents is 1. The molecule has 1 aliphatic rings. The summed E-state index contributed by atoms with van der Waals surface area (Å²) in [5.41, 5.74) is 1.57. The van der Waals surface area contributed by atoms with E-state index < -0.39 is 29.4 Å². The zero-order valence-corrected chi connectivity index (χ0v) is 22.7. The van der Waals surface area contributed by atoms with E-state index in [1.165, 1.54) is 36.4 Å². The Labute approximate surface area is 229 Å². The number of unbranched alkanes of at least 4 members (excludes halogenated alkanes) is 1. The molecule has 7 heteroatoms. The van der Waals surface area contributed by atoms with Crippen LogP contribution in [0.4, 0.5) is 8.78 Å². The van der Waals surface area contributed by atoms with Gasteiger partial charge >= 0.3 is 0 Å². The third-order valence-corrected chi connectivity index (χ3v) is 7.69. The number of ketones is 2. The van der Waals surface area contributed by atoms with E-state index in [4.69, 9.17) is 0 Å². The number of likely N-dealkylation sites (tertiary alicyclic amines) is 1. The van der Waals surface area contributed by atoms with E-state index in [1.54, 1.807) is 37.3 Å². The number of Topliss-reactive ketones (excluding diaryl/α,β-unsaturated/α-hetero) is 2. The molecule has 0 radical (unpaired) electrons. The fraction of sp³-hybridized carbons (Fsp3) is 0.375. The molecule has 0 aliphatic carbocycles. The Bertz CT molecular complexity index is 1260. The molecular formula is C32H36F2N2O3. The lowest BCUT2D eigenvalue weighted by Gasteiger charge is -2.43. The summed E-state index contributed by atoms with van der Waals surface area (Å²) in [5.74, 6) is -3.40. The van der Waals surface area contributed by atoms with Crippen molar-refractivity contribution in [3.05, 3.63) is 101 Å². The fourth-order valence-electron chi connectivity index (χ4n) is 5.72. The van der Waals surface area contributed by atoms with Gasteiger partial charge in [-0.2, -0.15) is 0 Å². The third-order valence-electron chi connectivity index (χ3n) is 7.69. The van der Waals surface area contributed by atoms with Crippen molar-refractivity contribution in [2.24, 2.45) is 11.8 Å². The van der Waals surface area contributed by atoms with Crippen molar-refractivity contribution in [1.29, 1.82) is 0 Å². The van der Waals surface area contributed by atoms with Crippen LogP contribution in [0.15, 0.2) is 66.7 Å². The molecule has 39 heavy (non-hydrogen) atoms. The number of rotatable bonds is 10. The Hall–Kier alpha value is -3.42. The van der Waals surface area contributed by atoms with E-state index in [9.17, 15) is 23.5 Å². The van der Waals surface area contributed by atoms with Gasteiger partial charge in [-0.05, 0) is 88.4 Å². The number of phenols is 1. The largest absolute Gasteiger partial charge is 0.508 e. The summed E-state index contributed by atoms with van der Waals surface area (Å²) in [6.45, 7) is 4.05. The molecule has 1 fully saturated rings. The van der Waals surface area contributed by atoms with E-state index in [2.05, 4.69) is 9.80 Å². The lowest BCUT2D eigenvalue weighted by Crippen LogP contribution is -2.50. The molecule has 3 unspecified atom stereocenters. The van der Waals surface area contributed by atoms with Crippen LogP contribution < -0.4 is 0 Å². The number of carbonyl (C=O) groups excluding carboxylic acids is 2. The molecule has 0 amide bonds. The molecule has 3 aromatic rings. The van der Waals surface area contributed by atoms with Gasteiger partial charge < -0.3 is 14.9 Å². The van der Waals surface area contributed by atoms with Gasteiger partial charge in [0, 0.05) is 42.0 Å². The van der Waals surface area contributed by atoms with Crippen LogP contribution in [0.1, 0.15) is 50.6 Å². The van der Waals surface area contributed by atoms with Crippen LogP contribution in [0.3, 0.4) is 0 Å². The van der Waals surface area contributed by atoms with Gasteiger partial charge in [0.1, 0.15) is 17.4 Å². The van der Waals surface area contributed by atoms with Crippen molar-refractivity contribution in [2.45, 2.75) is 25.7 Å². The van der Waals surface area contributed by atoms with Crippen molar-refractivity contribution < 1.29 is 23.5 Å². The molecule has 3 atom stereocenters. The Morgan fingerprint density at radius 3 is 2.13 bits per heavy atom. The summed E-state index contributed by atoms with van der Waals surface area (Å²) < 4.78 is 29.0. The molecule has 1 heterocycles. The second-order valence-electron chi connectivity index (χ2n) is 10.8. The summed E-state index contributed by atoms with van der Waals surface area (Å²) in [5, 5.41) is 10.1. The van der Waals surface area contributed by atoms with Gasteiger partial charge in [-0.15, -0.1) is 0 Å². The highest BCUT2D eigenvalue weighted by molar-refractivity contribution is 6.02. The lowest BCUT2D eigenvalue weighted by atomic mass is 9.67. The number of nitrogens with zero attached hydrogens (tertiary/aromatic N) is 2. The first-order valence-corrected chi connectivity index (χ1v) is 13.4. The molecule has 0 aromatic heterocycles. The van der Waals surface area contributed by atoms with E-state index in [0.717, 1.165) is 19.4 Å². The minimum absolute atomic E-state index is 0.0249. The van der Waals surface area contributed by atoms with Crippen molar-refractivity contribution >= 4 is 11.6 Å². The minimum atomic E-state index is -0.693. The molecule has 206 valence electrons. The van der Waals surface area contributed by atoms with Gasteiger partial charge in [0.15, 0.2) is 11.6 Å². The number of aromatic hydroxyl groups is 1. The highest BCUT2D eigenvalue weighted by Crippen LogP contribution is 2.42. The van der Waals surface area contributed by atoms with Crippen molar-refractivity contribution in [2.75, 3.05) is 40.3 Å². The summed E-state index contributed by atoms with van der Waals surface area (Å²) in [7, 11) is 4.04. The Balaban J connectivity index is 1.79. The summed E-state index contributed by atoms with van der Waals surface area (Å²) in [6, 6.07) is 16.5. The highest BCUT2D eigenvalue weighted by atomic mass is 19.1. The van der Waals surface area contributed by atoms with E-state index in [0.29, 0.717) is 36.3 Å². The second-order valence-corrected chi connectivity index (χ2v) is 10.8. The molecule has 5 nitrogen and oxygen atoms in total. The lowest BCUT2D eigenvalue weighted by molar-refractivity contribution is 0.0567. The number of piperidine rings is 1. The maximum atomic E-state index is 14.8. The normalized spacial score (nSPS) is 19.8. The standard InChI is InChI=1S/C32H36F2N2O3/c1-21-26(13-8-14-29(21)34)30-27(31(38)22-9-6-11-24(33)17-22)19-36(16-5-4-15-35(2)3)20-28(30)32(39)23-10-7-12-25(37)18-23/h6-14,17-18,27-28,30,37H,4-5,15-16,19-20H2,1-3H3. The van der Waals surface area contributed by atoms with Crippen molar-refractivity contribution in [3.8, 4) is 5.75 Å². The van der Waals surface area contributed by atoms with Gasteiger partial charge in [-0.3, -0.25) is 9.59 Å². The monoisotopic (exact) mass is 534 g/mol. The fourth-order valence-corrected chi connectivity index (χ4v) is 5.72. The van der Waals surface area contributed by atoms with Gasteiger partial charge in [-0.1, -0.05) is 36.4 Å². The molecule has 1 N–H and O–H groups in total. The molecular weight excluding hydrogens is 498 g/mol. The predicted molar refractivity (Wildman–Crippen MR) is 148 cm³/mol. The Morgan fingerprint density at radius 2 is 1.51 bits per heavy atom. The SMILES string of the molecule is Cc1c(F)cccc1C1C(C(=O)c2cccc(O)c2)CN(CCCCN(C)C)CC1C(=O)c1cccc(F)c1. The quantitative estimate of drug-likeness (QED) is 0.266. The number of hydrogen-bond acceptors (Lipinski definition) is 5. The van der Waals surface area contributed by atoms with Crippen LogP contribution in [0, 0.1) is 30.4 Å². The first-order chi connectivity index (χ1) is 18.7. The minimum Gasteiger partial charge on any atom is -0.508 e. The van der Waals surface area contributed by atoms with Gasteiger partial charge in [0.05, 0.1) is 0 Å². The third kappa shape index (κ3) is 6.78. The van der Waals surface area contributed by atoms with Gasteiger partial charge in [0.25, 0.3) is 0 Å². The van der Waals surface area contributed by atoms with E-state index >= 15 is 0 Å². The van der Waals surface area contributed by atoms with Crippen molar-refractivity contribution in [1.82, 2.24) is 9.80 Å². The van der Waals surface area contributed by atoms with Gasteiger partial charge in [-0.25, -0.2) is 8.78 Å². The van der Waals surface area contributed by atoms with Crippen LogP contribution in [-0.2, 0) is 0 Å². The van der Waals surface area contributed by atoms with E-state index in [-0.39, 0.29) is 22.9 Å². The van der Waals surface area contributed by atoms with Crippen molar-refractivity contribution in [3.63, 3.8) is 0 Å². The van der Waals surface area contributed by atoms with Gasteiger partial charge in [0.2, 0.25) is 0 Å². The van der Waals surface area contributed by atoms with Crippen LogP contribution in [-0.4, -0.2) is 66.7 Å². The average Bonchev–Trinajstić information content (AvgIpc) is 2.91. The van der Waals surface area contributed by atoms with Crippen LogP contribution in [0.25, 0.3) is 0 Å². The number of hydrogen-bond donors (Lipinski definition) is 1. The van der Waals surface area contributed by atoms with Crippen LogP contribution >= 0.6 is 0 Å². The molecule has 1 saturated heterocycles. The molecule has 0 bridgehead atoms. The maximum absolute atomic E-state index is 14.8. The van der Waals surface area contributed by atoms with Crippen LogP contribution in [0.5, 0.6) is 5.75 Å². The summed E-state index contributed by atoms with van der Waals surface area (Å²) in [6.07, 6.45) is 1.85. The average molecular weight is 535 g/mol. The zero-order valence-electron chi connectivity index (χ0n) is 22.7. The Morgan fingerprint density at radius 1 is 0.897 bits per heavy atom. The Kier molecular flexibility index (Phi) is 9.25. The maximum Gasteiger partial charge on any atom is 0.167 e. The number of carbonyl (C=O) groups is 2. The smallest absolute Gasteiger partial charge is 0.167 e. The molecule has 4 rings (SSSR count). The zero-order chi connectivity index (χ0) is 28.1. The topological polar surface area (TPSA) is 60.9 Å². The highest BCUT2D eigenvalue weighted by Gasteiger charge is 2.45. The van der Waals surface area contributed by atoms with E-state index in [1.807, 2.05) is 14.1 Å². The first kappa shape index (κ1) is 28.6. The summed E-state index contributed by atoms with van der Waals surface area (Å²) >= 11 is 0.